The van der Waals surface area contributed by atoms with Crippen molar-refractivity contribution in [3.63, 3.8) is 0 Å². The van der Waals surface area contributed by atoms with Crippen molar-refractivity contribution in [3.05, 3.63) is 56.3 Å². The molecule has 0 bridgehead atoms. The molecule has 6 nitrogen and oxygen atoms in total. The molecule has 148 valence electrons. The Balaban J connectivity index is 1.86. The number of nitrogens with zero attached hydrogens (tertiary/aromatic N) is 3. The summed E-state index contributed by atoms with van der Waals surface area (Å²) in [5, 5.41) is 0.910. The van der Waals surface area contributed by atoms with Crippen molar-refractivity contribution in [2.75, 3.05) is 6.61 Å². The number of halogens is 2. The zero-order valence-electron chi connectivity index (χ0n) is 15.0. The third-order valence-corrected chi connectivity index (χ3v) is 6.86. The van der Waals surface area contributed by atoms with Gasteiger partial charge in [-0.3, -0.25) is 9.59 Å². The summed E-state index contributed by atoms with van der Waals surface area (Å²) in [6.07, 6.45) is 0. The van der Waals surface area contributed by atoms with E-state index in [1.807, 2.05) is 24.3 Å². The highest BCUT2D eigenvalue weighted by molar-refractivity contribution is 7.20. The van der Waals surface area contributed by atoms with Crippen LogP contribution in [0.1, 0.15) is 16.7 Å². The first-order chi connectivity index (χ1) is 14.0. The second kappa shape index (κ2) is 8.23. The number of fused-ring (bicyclic) bond motifs is 2. The van der Waals surface area contributed by atoms with Crippen LogP contribution in [0.4, 0.5) is 0 Å². The van der Waals surface area contributed by atoms with E-state index in [9.17, 15) is 9.59 Å². The van der Waals surface area contributed by atoms with Crippen LogP contribution in [0.5, 0.6) is 0 Å². The van der Waals surface area contributed by atoms with E-state index in [2.05, 4.69) is 9.98 Å². The maximum absolute atomic E-state index is 12.8. The smallest absolute Gasteiger partial charge is 0.326 e. The van der Waals surface area contributed by atoms with E-state index >= 15 is 0 Å². The zero-order chi connectivity index (χ0) is 20.5. The molecule has 0 saturated heterocycles. The maximum atomic E-state index is 12.8. The number of hydrogen-bond acceptors (Lipinski definition) is 6. The summed E-state index contributed by atoms with van der Waals surface area (Å²) in [6, 6.07) is 10.9. The molecule has 0 saturated carbocycles. The number of aromatic nitrogens is 2. The summed E-state index contributed by atoms with van der Waals surface area (Å²) in [6.45, 7) is 1.83. The van der Waals surface area contributed by atoms with Crippen LogP contribution in [-0.2, 0) is 16.1 Å². The second-order valence-corrected chi connectivity index (χ2v) is 8.71. The normalized spacial score (nSPS) is 12.0. The molecule has 0 radical (unpaired) electrons. The third-order valence-electron chi connectivity index (χ3n) is 4.00. The van der Waals surface area contributed by atoms with Gasteiger partial charge in [0.05, 0.1) is 37.1 Å². The van der Waals surface area contributed by atoms with Gasteiger partial charge < -0.3 is 9.30 Å². The van der Waals surface area contributed by atoms with Crippen LogP contribution in [0.2, 0.25) is 10.0 Å². The molecular formula is C19H13Cl2N3O3S2. The quantitative estimate of drug-likeness (QED) is 0.400. The Morgan fingerprint density at radius 1 is 1.14 bits per heavy atom. The minimum atomic E-state index is -0.488. The molecule has 2 aromatic heterocycles. The highest BCUT2D eigenvalue weighted by atomic mass is 35.5. The van der Waals surface area contributed by atoms with Crippen molar-refractivity contribution in [2.24, 2.45) is 4.99 Å². The largest absolute Gasteiger partial charge is 0.465 e. The molecular weight excluding hydrogens is 453 g/mol. The van der Waals surface area contributed by atoms with Gasteiger partial charge in [0.2, 0.25) is 0 Å². The van der Waals surface area contributed by atoms with E-state index < -0.39 is 11.9 Å². The average Bonchev–Trinajstić information content (AvgIpc) is 3.27. The van der Waals surface area contributed by atoms with Crippen molar-refractivity contribution in [1.82, 2.24) is 9.55 Å². The first-order valence-corrected chi connectivity index (χ1v) is 10.9. The van der Waals surface area contributed by atoms with Crippen molar-refractivity contribution >= 4 is 78.2 Å². The molecule has 0 spiro atoms. The van der Waals surface area contributed by atoms with Gasteiger partial charge in [0.15, 0.2) is 9.81 Å². The minimum absolute atomic E-state index is 0.139. The Morgan fingerprint density at radius 2 is 1.93 bits per heavy atom. The van der Waals surface area contributed by atoms with Crippen molar-refractivity contribution in [2.45, 2.75) is 13.5 Å². The Labute approximate surface area is 183 Å². The predicted molar refractivity (Wildman–Crippen MR) is 116 cm³/mol. The van der Waals surface area contributed by atoms with Crippen molar-refractivity contribution in [1.29, 1.82) is 0 Å². The van der Waals surface area contributed by atoms with Crippen LogP contribution in [0.25, 0.3) is 20.4 Å². The van der Waals surface area contributed by atoms with Crippen LogP contribution >= 0.6 is 45.9 Å². The van der Waals surface area contributed by atoms with Crippen molar-refractivity contribution in [3.8, 4) is 0 Å². The van der Waals surface area contributed by atoms with Gasteiger partial charge >= 0.3 is 11.9 Å². The molecule has 0 aliphatic carbocycles. The van der Waals surface area contributed by atoms with Gasteiger partial charge in [-0.2, -0.15) is 4.99 Å². The molecule has 0 aliphatic heterocycles. The molecule has 0 N–H and O–H groups in total. The maximum Gasteiger partial charge on any atom is 0.326 e. The number of amides is 1. The van der Waals surface area contributed by atoms with Crippen molar-refractivity contribution < 1.29 is 14.3 Å². The Morgan fingerprint density at radius 3 is 2.69 bits per heavy atom. The molecule has 2 aromatic carbocycles. The van der Waals surface area contributed by atoms with E-state index in [4.69, 9.17) is 27.9 Å². The average molecular weight is 466 g/mol. The molecule has 0 atom stereocenters. The summed E-state index contributed by atoms with van der Waals surface area (Å²) >= 11 is 15.0. The number of esters is 1. The van der Waals surface area contributed by atoms with E-state index in [0.717, 1.165) is 14.9 Å². The summed E-state index contributed by atoms with van der Waals surface area (Å²) in [4.78, 5) is 33.8. The number of rotatable bonds is 4. The molecule has 2 heterocycles. The van der Waals surface area contributed by atoms with Gasteiger partial charge in [-0.25, -0.2) is 4.98 Å². The van der Waals surface area contributed by atoms with E-state index in [0.29, 0.717) is 20.4 Å². The topological polar surface area (TPSA) is 73.6 Å². The summed E-state index contributed by atoms with van der Waals surface area (Å²) in [5.74, 6) is -0.949. The summed E-state index contributed by atoms with van der Waals surface area (Å²) in [5.41, 5.74) is 1.27. The predicted octanol–water partition coefficient (Wildman–Crippen LogP) is 4.92. The van der Waals surface area contributed by atoms with Gasteiger partial charge in [0.1, 0.15) is 6.54 Å². The van der Waals surface area contributed by atoms with Gasteiger partial charge in [0, 0.05) is 0 Å². The van der Waals surface area contributed by atoms with E-state index in [1.54, 1.807) is 23.6 Å². The molecule has 10 heteroatoms. The number of para-hydroxylation sites is 1. The molecule has 0 fully saturated rings. The molecule has 4 rings (SSSR count). The molecule has 0 aliphatic rings. The minimum Gasteiger partial charge on any atom is -0.465 e. The third kappa shape index (κ3) is 3.93. The Bertz CT molecular complexity index is 1290. The number of carbonyl (C=O) groups excluding carboxylic acids is 2. The van der Waals surface area contributed by atoms with E-state index in [1.165, 1.54) is 22.7 Å². The van der Waals surface area contributed by atoms with E-state index in [-0.39, 0.29) is 18.2 Å². The van der Waals surface area contributed by atoms with Crippen LogP contribution in [0.3, 0.4) is 0 Å². The SMILES string of the molecule is CCOC(=O)Cn1c(=NC(=O)c2nc3ccccc3s2)sc2ccc(Cl)c(Cl)c21. The molecule has 0 unspecified atom stereocenters. The fourth-order valence-electron chi connectivity index (χ4n) is 2.77. The lowest BCUT2D eigenvalue weighted by Gasteiger charge is -2.06. The number of carbonyl (C=O) groups is 2. The lowest BCUT2D eigenvalue weighted by Crippen LogP contribution is -2.23. The highest BCUT2D eigenvalue weighted by Crippen LogP contribution is 2.32. The standard InChI is InChI=1S/C19H13Cl2N3O3S2/c1-2-27-14(25)9-24-16-13(8-7-10(20)15(16)21)29-19(24)23-17(26)18-22-11-5-3-4-6-12(11)28-18/h3-8H,2,9H2,1H3. The molecule has 1 amide bonds. The van der Waals surface area contributed by atoms with Gasteiger partial charge in [-0.05, 0) is 31.2 Å². The lowest BCUT2D eigenvalue weighted by atomic mass is 10.3. The first kappa shape index (κ1) is 20.0. The summed E-state index contributed by atoms with van der Waals surface area (Å²) < 4.78 is 8.25. The lowest BCUT2D eigenvalue weighted by molar-refractivity contribution is -0.143. The number of thiazole rings is 2. The number of ether oxygens (including phenoxy) is 1. The second-order valence-electron chi connectivity index (χ2n) is 5.89. The Kier molecular flexibility index (Phi) is 5.69. The molecule has 29 heavy (non-hydrogen) atoms. The fourth-order valence-corrected chi connectivity index (χ4v) is 5.13. The fraction of sp³-hybridized carbons (Fsp3) is 0.158. The summed E-state index contributed by atoms with van der Waals surface area (Å²) in [7, 11) is 0. The van der Waals surface area contributed by atoms with Gasteiger partial charge in [-0.1, -0.05) is 46.7 Å². The molecule has 4 aromatic rings. The van der Waals surface area contributed by atoms with Crippen LogP contribution in [0.15, 0.2) is 41.4 Å². The highest BCUT2D eigenvalue weighted by Gasteiger charge is 2.18. The Hall–Kier alpha value is -2.26. The van der Waals surface area contributed by atoms with Crippen LogP contribution < -0.4 is 4.80 Å². The zero-order valence-corrected chi connectivity index (χ0v) is 18.2. The number of hydrogen-bond donors (Lipinski definition) is 0. The van der Waals surface area contributed by atoms with Gasteiger partial charge in [0.25, 0.3) is 0 Å². The monoisotopic (exact) mass is 465 g/mol. The van der Waals surface area contributed by atoms with Crippen LogP contribution in [-0.4, -0.2) is 28.0 Å². The number of benzene rings is 2. The first-order valence-electron chi connectivity index (χ1n) is 8.55. The van der Waals surface area contributed by atoms with Crippen LogP contribution in [0, 0.1) is 0 Å². The van der Waals surface area contributed by atoms with Gasteiger partial charge in [-0.15, -0.1) is 11.3 Å².